The zero-order valence-electron chi connectivity index (χ0n) is 20.8. The normalized spacial score (nSPS) is 10.9. The summed E-state index contributed by atoms with van der Waals surface area (Å²) in [4.78, 5) is 26.0. The van der Waals surface area contributed by atoms with Crippen molar-refractivity contribution in [2.24, 2.45) is 0 Å². The molecule has 0 saturated carbocycles. The van der Waals surface area contributed by atoms with Gasteiger partial charge < -0.3 is 14.2 Å². The molecule has 1 heterocycles. The van der Waals surface area contributed by atoms with Crippen molar-refractivity contribution in [2.75, 3.05) is 13.7 Å². The highest BCUT2D eigenvalue weighted by Gasteiger charge is 2.23. The molecule has 2 aromatic carbocycles. The van der Waals surface area contributed by atoms with Gasteiger partial charge in [-0.3, -0.25) is 4.79 Å². The molecule has 38 heavy (non-hydrogen) atoms. The van der Waals surface area contributed by atoms with Crippen molar-refractivity contribution in [3.63, 3.8) is 0 Å². The van der Waals surface area contributed by atoms with Gasteiger partial charge in [-0.2, -0.15) is 10.5 Å². The van der Waals surface area contributed by atoms with Crippen molar-refractivity contribution < 1.29 is 23.8 Å². The molecule has 0 amide bonds. The third kappa shape index (κ3) is 6.73. The average Bonchev–Trinajstić information content (AvgIpc) is 3.21. The number of Topliss-reactive ketones (excluding diaryl/α,β-unsaturated/α-hetero) is 1. The van der Waals surface area contributed by atoms with Gasteiger partial charge in [0.2, 0.25) is 0 Å². The first-order valence-electron chi connectivity index (χ1n) is 11.3. The Balaban J connectivity index is 1.87. The Labute approximate surface area is 243 Å². The molecule has 3 rings (SSSR count). The first-order valence-corrected chi connectivity index (χ1v) is 13.6. The lowest BCUT2D eigenvalue weighted by atomic mass is 10.0. The molecule has 0 saturated heterocycles. The van der Waals surface area contributed by atoms with E-state index in [2.05, 4.69) is 28.7 Å². The van der Waals surface area contributed by atoms with E-state index < -0.39 is 11.8 Å². The smallest absolute Gasteiger partial charge is 0.348 e. The summed E-state index contributed by atoms with van der Waals surface area (Å²) in [5, 5.41) is 19.9. The van der Waals surface area contributed by atoms with E-state index in [0.717, 1.165) is 16.9 Å². The molecule has 0 aliphatic carbocycles. The Hall–Kier alpha value is -3.38. The van der Waals surface area contributed by atoms with Crippen LogP contribution in [0.25, 0.3) is 6.08 Å². The number of carbonyl (C=O) groups is 2. The van der Waals surface area contributed by atoms with Crippen LogP contribution in [0.3, 0.4) is 0 Å². The van der Waals surface area contributed by atoms with E-state index in [9.17, 15) is 20.1 Å². The van der Waals surface area contributed by atoms with Gasteiger partial charge in [0, 0.05) is 21.9 Å². The maximum atomic E-state index is 13.0. The molecular formula is C28H22ClIN2O5S. The first-order chi connectivity index (χ1) is 18.2. The molecule has 0 N–H and O–H groups in total. The van der Waals surface area contributed by atoms with Crippen molar-refractivity contribution >= 4 is 63.4 Å². The van der Waals surface area contributed by atoms with Gasteiger partial charge in [0.25, 0.3) is 0 Å². The fourth-order valence-electron chi connectivity index (χ4n) is 3.55. The Bertz CT molecular complexity index is 1500. The fourth-order valence-corrected chi connectivity index (χ4v) is 5.67. The summed E-state index contributed by atoms with van der Waals surface area (Å²) in [6.45, 7) is 3.76. The number of allylic oxidation sites excluding steroid dienone is 1. The Morgan fingerprint density at radius 2 is 1.95 bits per heavy atom. The summed E-state index contributed by atoms with van der Waals surface area (Å²) < 4.78 is 17.2. The maximum absolute atomic E-state index is 13.0. The number of ketones is 1. The fraction of sp³-hybridized carbons (Fsp3) is 0.214. The summed E-state index contributed by atoms with van der Waals surface area (Å²) in [5.74, 6) is -0.0812. The van der Waals surface area contributed by atoms with Crippen LogP contribution in [0.2, 0.25) is 5.02 Å². The van der Waals surface area contributed by atoms with E-state index in [1.807, 2.05) is 24.3 Å². The second-order valence-corrected chi connectivity index (χ2v) is 10.5. The van der Waals surface area contributed by atoms with E-state index >= 15 is 0 Å². The van der Waals surface area contributed by atoms with Gasteiger partial charge in [0.15, 0.2) is 17.3 Å². The molecule has 3 aromatic rings. The minimum Gasteiger partial charge on any atom is -0.493 e. The van der Waals surface area contributed by atoms with E-state index in [4.69, 9.17) is 25.8 Å². The van der Waals surface area contributed by atoms with Crippen LogP contribution in [-0.4, -0.2) is 25.5 Å². The highest BCUT2D eigenvalue weighted by atomic mass is 127. The number of esters is 1. The summed E-state index contributed by atoms with van der Waals surface area (Å²) >= 11 is 9.36. The van der Waals surface area contributed by atoms with E-state index in [-0.39, 0.29) is 35.6 Å². The molecule has 10 heteroatoms. The molecule has 0 radical (unpaired) electrons. The van der Waals surface area contributed by atoms with Crippen LogP contribution < -0.4 is 9.47 Å². The number of carbonyl (C=O) groups excluding carboxylic acids is 2. The van der Waals surface area contributed by atoms with E-state index in [1.165, 1.54) is 13.2 Å². The van der Waals surface area contributed by atoms with Gasteiger partial charge in [-0.1, -0.05) is 29.8 Å². The van der Waals surface area contributed by atoms with Gasteiger partial charge in [-0.05, 0) is 71.8 Å². The van der Waals surface area contributed by atoms with Crippen LogP contribution in [0.1, 0.15) is 43.7 Å². The quantitative estimate of drug-likeness (QED) is 0.103. The highest BCUT2D eigenvalue weighted by molar-refractivity contribution is 14.1. The van der Waals surface area contributed by atoms with E-state index in [0.29, 0.717) is 36.1 Å². The van der Waals surface area contributed by atoms with Crippen molar-refractivity contribution in [1.29, 1.82) is 10.5 Å². The van der Waals surface area contributed by atoms with Gasteiger partial charge in [-0.25, -0.2) is 4.79 Å². The monoisotopic (exact) mass is 660 g/mol. The lowest BCUT2D eigenvalue weighted by Crippen LogP contribution is -2.05. The third-order valence-electron chi connectivity index (χ3n) is 5.43. The Morgan fingerprint density at radius 1 is 1.21 bits per heavy atom. The topological polar surface area (TPSA) is 109 Å². The van der Waals surface area contributed by atoms with Gasteiger partial charge in [0.1, 0.15) is 23.6 Å². The van der Waals surface area contributed by atoms with Crippen LogP contribution in [0.5, 0.6) is 11.5 Å². The van der Waals surface area contributed by atoms with Gasteiger partial charge in [0.05, 0.1) is 28.4 Å². The number of hydrogen-bond acceptors (Lipinski definition) is 8. The lowest BCUT2D eigenvalue weighted by Gasteiger charge is -2.14. The number of nitrogens with zero attached hydrogens (tertiary/aromatic N) is 2. The second kappa shape index (κ2) is 13.4. The largest absolute Gasteiger partial charge is 0.493 e. The van der Waals surface area contributed by atoms with Crippen LogP contribution in [0.15, 0.2) is 42.0 Å². The van der Waals surface area contributed by atoms with Crippen molar-refractivity contribution in [2.45, 2.75) is 26.9 Å². The summed E-state index contributed by atoms with van der Waals surface area (Å²) in [6, 6.07) is 14.8. The molecule has 0 bridgehead atoms. The molecule has 7 nitrogen and oxygen atoms in total. The molecule has 0 aliphatic heterocycles. The average molecular weight is 661 g/mol. The van der Waals surface area contributed by atoms with Crippen LogP contribution in [0, 0.1) is 33.2 Å². The standard InChI is InChI=1S/C28H22ClIN2O5S/c1-4-36-28(34)27-16(2)20(14-32)25(38-27)12-23(33)19(13-31)9-17-10-22(30)26(24(11-17)35-3)37-15-18-7-5-6-8-21(18)29/h5-11H,4,12,15H2,1-3H3/b19-9+. The van der Waals surface area contributed by atoms with Crippen molar-refractivity contribution in [3.05, 3.63) is 82.6 Å². The number of nitriles is 2. The predicted molar refractivity (Wildman–Crippen MR) is 154 cm³/mol. The van der Waals surface area contributed by atoms with Crippen LogP contribution >= 0.6 is 45.5 Å². The van der Waals surface area contributed by atoms with Gasteiger partial charge >= 0.3 is 5.97 Å². The Morgan fingerprint density at radius 3 is 2.58 bits per heavy atom. The van der Waals surface area contributed by atoms with Crippen molar-refractivity contribution in [3.8, 4) is 23.6 Å². The predicted octanol–water partition coefficient (Wildman–Crippen LogP) is 6.67. The number of benzene rings is 2. The van der Waals surface area contributed by atoms with Crippen LogP contribution in [0.4, 0.5) is 0 Å². The van der Waals surface area contributed by atoms with Gasteiger partial charge in [-0.15, -0.1) is 11.3 Å². The first kappa shape index (κ1) is 29.2. The number of rotatable bonds is 10. The number of ether oxygens (including phenoxy) is 3. The zero-order valence-corrected chi connectivity index (χ0v) is 24.5. The number of halogens is 2. The van der Waals surface area contributed by atoms with E-state index in [1.54, 1.807) is 32.0 Å². The molecule has 0 aliphatic rings. The number of thiophene rings is 1. The van der Waals surface area contributed by atoms with Crippen molar-refractivity contribution in [1.82, 2.24) is 0 Å². The van der Waals surface area contributed by atoms with Crippen LogP contribution in [-0.2, 0) is 22.6 Å². The third-order valence-corrected chi connectivity index (χ3v) is 7.87. The summed E-state index contributed by atoms with van der Waals surface area (Å²) in [7, 11) is 1.50. The minimum absolute atomic E-state index is 0.0970. The zero-order chi connectivity index (χ0) is 27.8. The Kier molecular flexibility index (Phi) is 10.3. The highest BCUT2D eigenvalue weighted by Crippen LogP contribution is 2.36. The maximum Gasteiger partial charge on any atom is 0.348 e. The minimum atomic E-state index is -0.542. The molecule has 0 atom stereocenters. The SMILES string of the molecule is CCOC(=O)c1sc(CC(=O)/C(C#N)=C/c2cc(I)c(OCc3ccccc3Cl)c(OC)c2)c(C#N)c1C. The lowest BCUT2D eigenvalue weighted by molar-refractivity contribution is -0.114. The molecule has 1 aromatic heterocycles. The number of methoxy groups -OCH3 is 1. The molecule has 0 fully saturated rings. The summed E-state index contributed by atoms with van der Waals surface area (Å²) in [5.41, 5.74) is 2.00. The molecular weight excluding hydrogens is 639 g/mol. The second-order valence-electron chi connectivity index (χ2n) is 7.87. The molecule has 194 valence electrons. The molecule has 0 spiro atoms. The summed E-state index contributed by atoms with van der Waals surface area (Å²) in [6.07, 6.45) is 1.27. The number of hydrogen-bond donors (Lipinski definition) is 0. The molecule has 0 unspecified atom stereocenters.